The second-order valence-electron chi connectivity index (χ2n) is 4.51. The highest BCUT2D eigenvalue weighted by atomic mass is 32.2. The van der Waals surface area contributed by atoms with E-state index in [9.17, 15) is 9.18 Å². The summed E-state index contributed by atoms with van der Waals surface area (Å²) in [7, 11) is 0. The molecular formula is C16H17FN2O2S. The number of carbonyl (C=O) groups excluding carboxylic acids is 1. The minimum absolute atomic E-state index is 0.172. The first kappa shape index (κ1) is 16.3. The minimum atomic E-state index is -0.393. The zero-order valence-corrected chi connectivity index (χ0v) is 13.0. The van der Waals surface area contributed by atoms with Crippen molar-refractivity contribution in [2.75, 3.05) is 17.7 Å². The summed E-state index contributed by atoms with van der Waals surface area (Å²) < 4.78 is 18.7. The molecule has 0 aliphatic carbocycles. The van der Waals surface area contributed by atoms with Crippen molar-refractivity contribution >= 4 is 23.4 Å². The van der Waals surface area contributed by atoms with Gasteiger partial charge in [0.1, 0.15) is 11.6 Å². The van der Waals surface area contributed by atoms with Gasteiger partial charge in [-0.25, -0.2) is 4.39 Å². The fraction of sp³-hybridized carbons (Fsp3) is 0.250. The van der Waals surface area contributed by atoms with Crippen LogP contribution in [0.25, 0.3) is 0 Å². The normalized spacial score (nSPS) is 10.3. The molecule has 1 heterocycles. The Balaban J connectivity index is 1.95. The monoisotopic (exact) mass is 320 g/mol. The first-order valence-corrected chi connectivity index (χ1v) is 7.92. The van der Waals surface area contributed by atoms with E-state index < -0.39 is 5.82 Å². The van der Waals surface area contributed by atoms with E-state index in [4.69, 9.17) is 4.74 Å². The third-order valence-electron chi connectivity index (χ3n) is 2.70. The summed E-state index contributed by atoms with van der Waals surface area (Å²) in [6.07, 6.45) is 4.16. The van der Waals surface area contributed by atoms with Crippen LogP contribution in [-0.2, 0) is 4.79 Å². The zero-order valence-electron chi connectivity index (χ0n) is 12.2. The molecule has 2 rings (SSSR count). The van der Waals surface area contributed by atoms with Crippen LogP contribution in [0.2, 0.25) is 0 Å². The van der Waals surface area contributed by atoms with E-state index in [2.05, 4.69) is 10.3 Å². The number of rotatable bonds is 7. The number of benzene rings is 1. The molecule has 0 spiro atoms. The van der Waals surface area contributed by atoms with Crippen molar-refractivity contribution in [1.29, 1.82) is 0 Å². The van der Waals surface area contributed by atoms with Crippen LogP contribution in [0.5, 0.6) is 5.75 Å². The van der Waals surface area contributed by atoms with Gasteiger partial charge >= 0.3 is 0 Å². The van der Waals surface area contributed by atoms with Gasteiger partial charge in [0.25, 0.3) is 0 Å². The number of nitrogens with one attached hydrogen (secondary N) is 1. The highest BCUT2D eigenvalue weighted by Gasteiger charge is 2.10. The van der Waals surface area contributed by atoms with Gasteiger partial charge in [0.15, 0.2) is 0 Å². The van der Waals surface area contributed by atoms with Gasteiger partial charge in [0, 0.05) is 23.4 Å². The molecule has 1 N–H and O–H groups in total. The third-order valence-corrected chi connectivity index (χ3v) is 3.71. The van der Waals surface area contributed by atoms with Crippen LogP contribution in [0.1, 0.15) is 13.3 Å². The molecule has 2 aromatic rings. The maximum Gasteiger partial charge on any atom is 0.234 e. The van der Waals surface area contributed by atoms with Crippen LogP contribution in [0.4, 0.5) is 10.1 Å². The summed E-state index contributed by atoms with van der Waals surface area (Å²) in [5.41, 5.74) is 0.482. The van der Waals surface area contributed by atoms with Gasteiger partial charge in [-0.15, -0.1) is 11.8 Å². The van der Waals surface area contributed by atoms with Crippen LogP contribution in [0.3, 0.4) is 0 Å². The number of hydrogen-bond acceptors (Lipinski definition) is 4. The molecule has 22 heavy (non-hydrogen) atoms. The predicted molar refractivity (Wildman–Crippen MR) is 85.8 cm³/mol. The second-order valence-corrected chi connectivity index (χ2v) is 5.56. The summed E-state index contributed by atoms with van der Waals surface area (Å²) in [5.74, 6) is 0.0448. The number of hydrogen-bond donors (Lipinski definition) is 1. The van der Waals surface area contributed by atoms with E-state index in [1.54, 1.807) is 12.4 Å². The van der Waals surface area contributed by atoms with E-state index >= 15 is 0 Å². The molecular weight excluding hydrogens is 303 g/mol. The lowest BCUT2D eigenvalue weighted by molar-refractivity contribution is -0.113. The molecule has 0 unspecified atom stereocenters. The lowest BCUT2D eigenvalue weighted by Gasteiger charge is -2.12. The molecule has 4 nitrogen and oxygen atoms in total. The fourth-order valence-electron chi connectivity index (χ4n) is 1.70. The number of aromatic nitrogens is 1. The number of nitrogens with zero attached hydrogens (tertiary/aromatic N) is 1. The molecule has 0 saturated heterocycles. The van der Waals surface area contributed by atoms with Crippen LogP contribution in [-0.4, -0.2) is 23.3 Å². The van der Waals surface area contributed by atoms with Crippen LogP contribution >= 0.6 is 11.8 Å². The van der Waals surface area contributed by atoms with Crippen molar-refractivity contribution in [2.24, 2.45) is 0 Å². The molecule has 1 amide bonds. The molecule has 6 heteroatoms. The lowest BCUT2D eigenvalue weighted by Crippen LogP contribution is -2.15. The largest absolute Gasteiger partial charge is 0.491 e. The van der Waals surface area contributed by atoms with Gasteiger partial charge in [-0.3, -0.25) is 9.78 Å². The number of amides is 1. The number of halogens is 1. The van der Waals surface area contributed by atoms with Crippen molar-refractivity contribution in [3.05, 3.63) is 48.5 Å². The average molecular weight is 320 g/mol. The average Bonchev–Trinajstić information content (AvgIpc) is 2.54. The summed E-state index contributed by atoms with van der Waals surface area (Å²) in [5, 5.41) is 2.75. The topological polar surface area (TPSA) is 51.2 Å². The third kappa shape index (κ3) is 5.04. The Bertz CT molecular complexity index is 623. The summed E-state index contributed by atoms with van der Waals surface area (Å²) in [4.78, 5) is 16.9. The first-order chi connectivity index (χ1) is 10.7. The van der Waals surface area contributed by atoms with Crippen molar-refractivity contribution in [3.8, 4) is 5.75 Å². The smallest absolute Gasteiger partial charge is 0.234 e. The van der Waals surface area contributed by atoms with Crippen molar-refractivity contribution < 1.29 is 13.9 Å². The van der Waals surface area contributed by atoms with Gasteiger partial charge in [0.05, 0.1) is 18.0 Å². The molecule has 0 radical (unpaired) electrons. The molecule has 0 aliphatic rings. The summed E-state index contributed by atoms with van der Waals surface area (Å²) in [6, 6.07) is 7.76. The van der Waals surface area contributed by atoms with E-state index in [0.29, 0.717) is 18.0 Å². The lowest BCUT2D eigenvalue weighted by atomic mass is 10.3. The summed E-state index contributed by atoms with van der Waals surface area (Å²) in [6.45, 7) is 2.43. The maximum atomic E-state index is 13.3. The van der Waals surface area contributed by atoms with E-state index in [1.165, 1.54) is 30.0 Å². The molecule has 1 aromatic carbocycles. The quantitative estimate of drug-likeness (QED) is 0.790. The minimum Gasteiger partial charge on any atom is -0.491 e. The standard InChI is InChI=1S/C16H17FN2O2S/c1-2-9-21-15-10-12(17)3-4-14(15)19-16(20)11-22-13-5-7-18-8-6-13/h3-8,10H,2,9,11H2,1H3,(H,19,20). The van der Waals surface area contributed by atoms with Gasteiger partial charge in [0.2, 0.25) is 5.91 Å². The first-order valence-electron chi connectivity index (χ1n) is 6.94. The SMILES string of the molecule is CCCOc1cc(F)ccc1NC(=O)CSc1ccncc1. The van der Waals surface area contributed by atoms with Gasteiger partial charge in [-0.1, -0.05) is 6.92 Å². The molecule has 1 aromatic heterocycles. The van der Waals surface area contributed by atoms with Crippen LogP contribution < -0.4 is 10.1 Å². The van der Waals surface area contributed by atoms with Gasteiger partial charge in [-0.2, -0.15) is 0 Å². The van der Waals surface area contributed by atoms with Crippen LogP contribution in [0, 0.1) is 5.82 Å². The zero-order chi connectivity index (χ0) is 15.8. The number of anilines is 1. The van der Waals surface area contributed by atoms with Crippen molar-refractivity contribution in [3.63, 3.8) is 0 Å². The molecule has 116 valence electrons. The Morgan fingerprint density at radius 3 is 2.82 bits per heavy atom. The van der Waals surface area contributed by atoms with Gasteiger partial charge < -0.3 is 10.1 Å². The Labute approximate surface area is 133 Å². The summed E-state index contributed by atoms with van der Waals surface area (Å²) >= 11 is 1.41. The van der Waals surface area contributed by atoms with Gasteiger partial charge in [-0.05, 0) is 30.7 Å². The van der Waals surface area contributed by atoms with Crippen LogP contribution in [0.15, 0.2) is 47.6 Å². The maximum absolute atomic E-state index is 13.3. The molecule has 0 aliphatic heterocycles. The molecule has 0 saturated carbocycles. The Hall–Kier alpha value is -2.08. The van der Waals surface area contributed by atoms with E-state index in [1.807, 2.05) is 19.1 Å². The molecule has 0 bridgehead atoms. The van der Waals surface area contributed by atoms with Crippen molar-refractivity contribution in [2.45, 2.75) is 18.2 Å². The number of pyridine rings is 1. The fourth-order valence-corrected chi connectivity index (χ4v) is 2.38. The van der Waals surface area contributed by atoms with E-state index in [-0.39, 0.29) is 11.7 Å². The highest BCUT2D eigenvalue weighted by Crippen LogP contribution is 2.26. The number of ether oxygens (including phenoxy) is 1. The Kier molecular flexibility index (Phi) is 6.21. The molecule has 0 atom stereocenters. The number of carbonyl (C=O) groups is 1. The van der Waals surface area contributed by atoms with E-state index in [0.717, 1.165) is 11.3 Å². The Morgan fingerprint density at radius 2 is 2.09 bits per heavy atom. The van der Waals surface area contributed by atoms with Crippen molar-refractivity contribution in [1.82, 2.24) is 4.98 Å². The predicted octanol–water partition coefficient (Wildman–Crippen LogP) is 3.74. The highest BCUT2D eigenvalue weighted by molar-refractivity contribution is 8.00. The molecule has 0 fully saturated rings. The number of thioether (sulfide) groups is 1. The second kappa shape index (κ2) is 8.38. The Morgan fingerprint density at radius 1 is 1.32 bits per heavy atom.